The van der Waals surface area contributed by atoms with E-state index in [4.69, 9.17) is 0 Å². The number of carbonyl (C=O) groups is 1. The summed E-state index contributed by atoms with van der Waals surface area (Å²) in [5.41, 5.74) is 3.15. The first kappa shape index (κ1) is 20.9. The van der Waals surface area contributed by atoms with E-state index in [-0.39, 0.29) is 11.7 Å². The first-order chi connectivity index (χ1) is 13.2. The van der Waals surface area contributed by atoms with Gasteiger partial charge in [0.25, 0.3) is 0 Å². The number of phenolic OH excluding ortho intramolecular Hbond substituents is 1. The molecule has 0 radical (unpaired) electrons. The van der Waals surface area contributed by atoms with Crippen molar-refractivity contribution >= 4 is 22.9 Å². The molecule has 0 aromatic heterocycles. The van der Waals surface area contributed by atoms with Crippen LogP contribution >= 0.6 is 0 Å². The largest absolute Gasteiger partial charge is 0.507 e. The van der Waals surface area contributed by atoms with Gasteiger partial charge in [0, 0.05) is 17.4 Å². The van der Waals surface area contributed by atoms with Gasteiger partial charge >= 0.3 is 0 Å². The van der Waals surface area contributed by atoms with Crippen LogP contribution < -0.4 is 5.43 Å². The van der Waals surface area contributed by atoms with Crippen molar-refractivity contribution in [3.05, 3.63) is 42.0 Å². The van der Waals surface area contributed by atoms with Gasteiger partial charge in [0.2, 0.25) is 5.91 Å². The van der Waals surface area contributed by atoms with E-state index in [1.54, 1.807) is 6.07 Å². The molecule has 1 amide bonds. The van der Waals surface area contributed by atoms with Gasteiger partial charge in [-0.2, -0.15) is 5.10 Å². The van der Waals surface area contributed by atoms with Crippen LogP contribution in [0.25, 0.3) is 10.8 Å². The van der Waals surface area contributed by atoms with E-state index >= 15 is 0 Å². The topological polar surface area (TPSA) is 61.7 Å². The van der Waals surface area contributed by atoms with E-state index in [2.05, 4.69) is 17.5 Å². The highest BCUT2D eigenvalue weighted by Crippen LogP contribution is 2.27. The van der Waals surface area contributed by atoms with E-state index in [1.807, 2.05) is 30.3 Å². The molecule has 27 heavy (non-hydrogen) atoms. The fraction of sp³-hybridized carbons (Fsp3) is 0.478. The van der Waals surface area contributed by atoms with Crippen molar-refractivity contribution in [1.29, 1.82) is 0 Å². The van der Waals surface area contributed by atoms with Crippen molar-refractivity contribution in [2.45, 2.75) is 71.1 Å². The standard InChI is InChI=1S/C23H32N2O2/c1-2-3-4-5-6-7-8-9-10-15-22(26)25-24-18-20-17-16-19-13-11-12-14-21(19)23(20)27/h11-14,16-18,27H,2-10,15H2,1H3,(H,25,26)/b24-18+. The highest BCUT2D eigenvalue weighted by Gasteiger charge is 2.04. The number of hydrazone groups is 1. The van der Waals surface area contributed by atoms with Gasteiger partial charge in [-0.3, -0.25) is 4.79 Å². The minimum atomic E-state index is -0.0746. The number of rotatable bonds is 12. The molecule has 0 fully saturated rings. The number of nitrogens with zero attached hydrogens (tertiary/aromatic N) is 1. The molecular weight excluding hydrogens is 336 g/mol. The smallest absolute Gasteiger partial charge is 0.240 e. The lowest BCUT2D eigenvalue weighted by Crippen LogP contribution is -2.16. The fourth-order valence-corrected chi connectivity index (χ4v) is 3.20. The Morgan fingerprint density at radius 2 is 1.63 bits per heavy atom. The molecule has 4 nitrogen and oxygen atoms in total. The lowest BCUT2D eigenvalue weighted by atomic mass is 10.1. The van der Waals surface area contributed by atoms with Crippen molar-refractivity contribution in [3.63, 3.8) is 0 Å². The molecule has 0 unspecified atom stereocenters. The SMILES string of the molecule is CCCCCCCCCCCC(=O)N/N=C/c1ccc2ccccc2c1O. The third-order valence-electron chi connectivity index (χ3n) is 4.83. The second-order valence-corrected chi connectivity index (χ2v) is 7.10. The van der Waals surface area contributed by atoms with Crippen LogP contribution in [0.1, 0.15) is 76.7 Å². The first-order valence-electron chi connectivity index (χ1n) is 10.2. The molecule has 0 bridgehead atoms. The third kappa shape index (κ3) is 7.41. The van der Waals surface area contributed by atoms with Crippen LogP contribution in [0.4, 0.5) is 0 Å². The van der Waals surface area contributed by atoms with Crippen LogP contribution in [0.5, 0.6) is 5.75 Å². The second-order valence-electron chi connectivity index (χ2n) is 7.10. The van der Waals surface area contributed by atoms with Crippen LogP contribution in [0.15, 0.2) is 41.5 Å². The van der Waals surface area contributed by atoms with Crippen LogP contribution in [-0.2, 0) is 4.79 Å². The summed E-state index contributed by atoms with van der Waals surface area (Å²) in [5, 5.41) is 16.0. The Morgan fingerprint density at radius 1 is 0.963 bits per heavy atom. The van der Waals surface area contributed by atoms with Gasteiger partial charge in [0.05, 0.1) is 6.21 Å². The average Bonchev–Trinajstić information content (AvgIpc) is 2.68. The van der Waals surface area contributed by atoms with E-state index in [0.29, 0.717) is 12.0 Å². The molecule has 2 aromatic rings. The number of hydrogen-bond donors (Lipinski definition) is 2. The zero-order valence-corrected chi connectivity index (χ0v) is 16.4. The lowest BCUT2D eigenvalue weighted by molar-refractivity contribution is -0.121. The Balaban J connectivity index is 1.63. The van der Waals surface area contributed by atoms with Crippen molar-refractivity contribution in [2.24, 2.45) is 5.10 Å². The summed E-state index contributed by atoms with van der Waals surface area (Å²) < 4.78 is 0. The summed E-state index contributed by atoms with van der Waals surface area (Å²) in [6, 6.07) is 11.4. The van der Waals surface area contributed by atoms with Gasteiger partial charge in [-0.05, 0) is 17.9 Å². The molecule has 0 heterocycles. The van der Waals surface area contributed by atoms with Crippen molar-refractivity contribution < 1.29 is 9.90 Å². The van der Waals surface area contributed by atoms with Gasteiger partial charge < -0.3 is 5.11 Å². The van der Waals surface area contributed by atoms with E-state index in [9.17, 15) is 9.90 Å². The van der Waals surface area contributed by atoms with Crippen molar-refractivity contribution in [1.82, 2.24) is 5.43 Å². The number of amides is 1. The zero-order valence-electron chi connectivity index (χ0n) is 16.4. The minimum Gasteiger partial charge on any atom is -0.507 e. The lowest BCUT2D eigenvalue weighted by Gasteiger charge is -2.04. The number of hydrogen-bond acceptors (Lipinski definition) is 3. The van der Waals surface area contributed by atoms with Crippen molar-refractivity contribution in [2.75, 3.05) is 0 Å². The molecule has 2 N–H and O–H groups in total. The third-order valence-corrected chi connectivity index (χ3v) is 4.83. The number of benzene rings is 2. The highest BCUT2D eigenvalue weighted by molar-refractivity contribution is 5.97. The molecule has 0 aliphatic heterocycles. The molecule has 0 saturated heterocycles. The van der Waals surface area contributed by atoms with Crippen molar-refractivity contribution in [3.8, 4) is 5.75 Å². The summed E-state index contributed by atoms with van der Waals surface area (Å²) >= 11 is 0. The van der Waals surface area contributed by atoms with Crippen LogP contribution in [0.3, 0.4) is 0 Å². The van der Waals surface area contributed by atoms with Gasteiger partial charge in [0.1, 0.15) is 5.75 Å². The number of aromatic hydroxyl groups is 1. The molecule has 2 aromatic carbocycles. The number of phenols is 1. The normalized spacial score (nSPS) is 11.3. The maximum atomic E-state index is 11.9. The van der Waals surface area contributed by atoms with Gasteiger partial charge in [-0.15, -0.1) is 0 Å². The maximum absolute atomic E-state index is 11.9. The Bertz CT molecular complexity index is 740. The van der Waals surface area contributed by atoms with Crippen LogP contribution in [0, 0.1) is 0 Å². The Labute approximate surface area is 162 Å². The summed E-state index contributed by atoms with van der Waals surface area (Å²) in [7, 11) is 0. The molecule has 4 heteroatoms. The highest BCUT2D eigenvalue weighted by atomic mass is 16.3. The van der Waals surface area contributed by atoms with Crippen LogP contribution in [0.2, 0.25) is 0 Å². The first-order valence-corrected chi connectivity index (χ1v) is 10.2. The van der Waals surface area contributed by atoms with Crippen LogP contribution in [-0.4, -0.2) is 17.2 Å². The van der Waals surface area contributed by atoms with Gasteiger partial charge in [-0.25, -0.2) is 5.43 Å². The van der Waals surface area contributed by atoms with E-state index < -0.39 is 0 Å². The number of nitrogens with one attached hydrogen (secondary N) is 1. The molecule has 2 rings (SSSR count). The molecule has 0 atom stereocenters. The van der Waals surface area contributed by atoms with E-state index in [1.165, 1.54) is 51.2 Å². The Kier molecular flexibility index (Phi) is 9.39. The van der Waals surface area contributed by atoms with Gasteiger partial charge in [0.15, 0.2) is 0 Å². The molecule has 0 aliphatic rings. The quantitative estimate of drug-likeness (QED) is 0.278. The fourth-order valence-electron chi connectivity index (χ4n) is 3.20. The monoisotopic (exact) mass is 368 g/mol. The molecular formula is C23H32N2O2. The number of unbranched alkanes of at least 4 members (excludes halogenated alkanes) is 8. The number of fused-ring (bicyclic) bond motifs is 1. The summed E-state index contributed by atoms with van der Waals surface area (Å²) in [4.78, 5) is 11.9. The number of carbonyl (C=O) groups excluding carboxylic acids is 1. The molecule has 0 spiro atoms. The minimum absolute atomic E-state index is 0.0746. The maximum Gasteiger partial charge on any atom is 0.240 e. The molecule has 146 valence electrons. The predicted molar refractivity (Wildman–Crippen MR) is 113 cm³/mol. The van der Waals surface area contributed by atoms with E-state index in [0.717, 1.165) is 23.6 Å². The summed E-state index contributed by atoms with van der Waals surface area (Å²) in [5.74, 6) is 0.111. The predicted octanol–water partition coefficient (Wildman–Crippen LogP) is 5.92. The Morgan fingerprint density at radius 3 is 2.37 bits per heavy atom. The van der Waals surface area contributed by atoms with Gasteiger partial charge in [-0.1, -0.05) is 88.6 Å². The molecule has 0 saturated carbocycles. The second kappa shape index (κ2) is 12.1. The summed E-state index contributed by atoms with van der Waals surface area (Å²) in [6.07, 6.45) is 13.1. The summed E-state index contributed by atoms with van der Waals surface area (Å²) in [6.45, 7) is 2.24. The zero-order chi connectivity index (χ0) is 19.3. The molecule has 0 aliphatic carbocycles. The Hall–Kier alpha value is -2.36. The average molecular weight is 369 g/mol.